The number of halogens is 1. The van der Waals surface area contributed by atoms with Crippen LogP contribution in [0.15, 0.2) is 48.7 Å². The first-order valence-corrected chi connectivity index (χ1v) is 10.5. The lowest BCUT2D eigenvalue weighted by Gasteiger charge is -2.22. The molecule has 2 heterocycles. The van der Waals surface area contributed by atoms with Crippen LogP contribution in [-0.4, -0.2) is 27.4 Å². The summed E-state index contributed by atoms with van der Waals surface area (Å²) in [5.74, 6) is 0.246. The van der Waals surface area contributed by atoms with Crippen molar-refractivity contribution in [3.63, 3.8) is 0 Å². The molecule has 0 aliphatic carbocycles. The van der Waals surface area contributed by atoms with Gasteiger partial charge in [-0.15, -0.1) is 0 Å². The van der Waals surface area contributed by atoms with Crippen molar-refractivity contribution in [2.75, 3.05) is 13.1 Å². The van der Waals surface area contributed by atoms with Crippen LogP contribution in [-0.2, 0) is 6.54 Å². The lowest BCUT2D eigenvalue weighted by atomic mass is 10.1. The predicted octanol–water partition coefficient (Wildman–Crippen LogP) is 6.41. The van der Waals surface area contributed by atoms with E-state index in [1.54, 1.807) is 0 Å². The number of fused-ring (bicyclic) bond motifs is 1. The van der Waals surface area contributed by atoms with E-state index in [1.807, 2.05) is 54.0 Å². The van der Waals surface area contributed by atoms with Gasteiger partial charge in [-0.3, -0.25) is 9.30 Å². The molecular weight excluding hydrogens is 349 g/mol. The molecule has 28 heavy (non-hydrogen) atoms. The van der Waals surface area contributed by atoms with Crippen LogP contribution >= 0.6 is 0 Å². The highest BCUT2D eigenvalue weighted by Crippen LogP contribution is 2.24. The lowest BCUT2D eigenvalue weighted by Crippen LogP contribution is -2.25. The van der Waals surface area contributed by atoms with Crippen molar-refractivity contribution in [3.05, 3.63) is 66.0 Å². The maximum atomic E-state index is 14.9. The van der Waals surface area contributed by atoms with Crippen LogP contribution in [0, 0.1) is 5.95 Å². The number of nitrogens with zero attached hydrogens (tertiary/aromatic N) is 3. The van der Waals surface area contributed by atoms with Crippen LogP contribution in [0.3, 0.4) is 0 Å². The molecule has 152 valence electrons. The summed E-state index contributed by atoms with van der Waals surface area (Å²) in [7, 11) is 0. The summed E-state index contributed by atoms with van der Waals surface area (Å²) in [4.78, 5) is 6.70. The Bertz CT molecular complexity index is 830. The van der Waals surface area contributed by atoms with E-state index >= 15 is 0 Å². The van der Waals surface area contributed by atoms with Gasteiger partial charge in [0.05, 0.1) is 0 Å². The Labute approximate surface area is 169 Å². The average molecular weight is 384 g/mol. The first kappa shape index (κ1) is 22.1. The zero-order valence-corrected chi connectivity index (χ0v) is 17.8. The van der Waals surface area contributed by atoms with E-state index in [1.165, 1.54) is 6.42 Å². The molecule has 0 N–H and O–H groups in total. The molecule has 0 fully saturated rings. The summed E-state index contributed by atoms with van der Waals surface area (Å²) >= 11 is 0. The van der Waals surface area contributed by atoms with Gasteiger partial charge in [-0.05, 0) is 50.9 Å². The third kappa shape index (κ3) is 5.65. The van der Waals surface area contributed by atoms with E-state index in [9.17, 15) is 4.39 Å². The summed E-state index contributed by atoms with van der Waals surface area (Å²) in [5, 5.41) is 0. The molecular formula is C24H34FN3. The van der Waals surface area contributed by atoms with Crippen molar-refractivity contribution in [2.24, 2.45) is 0 Å². The Morgan fingerprint density at radius 3 is 2.71 bits per heavy atom. The molecule has 0 atom stereocenters. The number of pyridine rings is 1. The van der Waals surface area contributed by atoms with Crippen LogP contribution in [0.2, 0.25) is 0 Å². The van der Waals surface area contributed by atoms with Crippen molar-refractivity contribution in [3.8, 4) is 0 Å². The highest BCUT2D eigenvalue weighted by molar-refractivity contribution is 5.74. The first-order chi connectivity index (χ1) is 13.7. The fourth-order valence-corrected chi connectivity index (χ4v) is 3.39. The molecule has 0 radical (unpaired) electrons. The normalized spacial score (nSPS) is 13.0. The molecule has 0 spiro atoms. The van der Waals surface area contributed by atoms with Crippen molar-refractivity contribution in [1.29, 1.82) is 0 Å². The molecule has 0 amide bonds. The van der Waals surface area contributed by atoms with Crippen molar-refractivity contribution < 1.29 is 4.39 Å². The summed E-state index contributed by atoms with van der Waals surface area (Å²) in [5.41, 5.74) is 2.48. The second-order valence-electron chi connectivity index (χ2n) is 7.07. The van der Waals surface area contributed by atoms with Gasteiger partial charge in [0.1, 0.15) is 11.3 Å². The molecule has 0 aliphatic heterocycles. The monoisotopic (exact) mass is 383 g/mol. The van der Waals surface area contributed by atoms with E-state index in [0.29, 0.717) is 11.3 Å². The molecule has 0 aromatic carbocycles. The third-order valence-electron chi connectivity index (χ3n) is 4.72. The standard InChI is InChI=1S/C24H34FN3/c1-5-9-11-14-20(13-7-3)24-26-23(25)22-21(15-12-18-28(22)24)19-27(16-8-4)17-10-6-2/h7,9,11-15,18H,5-6,8,10,16-17,19H2,1-4H3/b11-9+,13-7-,20-14+. The Hall–Kier alpha value is -2.20. The maximum Gasteiger partial charge on any atom is 0.239 e. The fraction of sp³-hybridized carbons (Fsp3) is 0.458. The number of hydrogen-bond acceptors (Lipinski definition) is 2. The van der Waals surface area contributed by atoms with Gasteiger partial charge in [0.15, 0.2) is 0 Å². The minimum Gasteiger partial charge on any atom is -0.299 e. The quantitative estimate of drug-likeness (QED) is 0.418. The molecule has 0 saturated carbocycles. The Morgan fingerprint density at radius 2 is 2.04 bits per heavy atom. The van der Waals surface area contributed by atoms with E-state index in [4.69, 9.17) is 0 Å². The average Bonchev–Trinajstić information content (AvgIpc) is 3.03. The molecule has 3 nitrogen and oxygen atoms in total. The molecule has 2 aromatic rings. The van der Waals surface area contributed by atoms with Gasteiger partial charge in [-0.1, -0.05) is 63.6 Å². The number of allylic oxidation sites excluding steroid dienone is 6. The van der Waals surface area contributed by atoms with Gasteiger partial charge in [0, 0.05) is 18.3 Å². The number of aromatic nitrogens is 2. The largest absolute Gasteiger partial charge is 0.299 e. The Balaban J connectivity index is 2.46. The topological polar surface area (TPSA) is 20.5 Å². The lowest BCUT2D eigenvalue weighted by molar-refractivity contribution is 0.262. The summed E-state index contributed by atoms with van der Waals surface area (Å²) < 4.78 is 16.8. The molecule has 0 saturated heterocycles. The van der Waals surface area contributed by atoms with Crippen LogP contribution in [0.4, 0.5) is 4.39 Å². The molecule has 0 unspecified atom stereocenters. The molecule has 0 bridgehead atoms. The van der Waals surface area contributed by atoms with Crippen LogP contribution in [0.5, 0.6) is 0 Å². The summed E-state index contributed by atoms with van der Waals surface area (Å²) in [6.07, 6.45) is 16.3. The molecule has 2 rings (SSSR count). The Kier molecular flexibility index (Phi) is 9.15. The second kappa shape index (κ2) is 11.6. The van der Waals surface area contributed by atoms with Crippen LogP contribution < -0.4 is 0 Å². The minimum absolute atomic E-state index is 0.396. The van der Waals surface area contributed by atoms with Gasteiger partial charge in [0.2, 0.25) is 5.95 Å². The SMILES string of the molecule is C\C=C/C(=C\C=C\CC)c1nc(F)c2c(CN(CCC)CCCC)cccn12. The summed E-state index contributed by atoms with van der Waals surface area (Å²) in [6, 6.07) is 4.01. The minimum atomic E-state index is -0.396. The smallest absolute Gasteiger partial charge is 0.239 e. The van der Waals surface area contributed by atoms with Crippen molar-refractivity contribution >= 4 is 11.1 Å². The van der Waals surface area contributed by atoms with Gasteiger partial charge < -0.3 is 0 Å². The fourth-order valence-electron chi connectivity index (χ4n) is 3.39. The van der Waals surface area contributed by atoms with E-state index < -0.39 is 5.95 Å². The van der Waals surface area contributed by atoms with E-state index in [2.05, 4.69) is 36.7 Å². The molecule has 0 aliphatic rings. The van der Waals surface area contributed by atoms with Crippen LogP contribution in [0.25, 0.3) is 11.1 Å². The van der Waals surface area contributed by atoms with Gasteiger partial charge in [-0.25, -0.2) is 0 Å². The number of imidazole rings is 1. The molecule has 2 aromatic heterocycles. The highest BCUT2D eigenvalue weighted by Gasteiger charge is 2.17. The van der Waals surface area contributed by atoms with Crippen molar-refractivity contribution in [2.45, 2.75) is 59.9 Å². The third-order valence-corrected chi connectivity index (χ3v) is 4.72. The van der Waals surface area contributed by atoms with E-state index in [-0.39, 0.29) is 0 Å². The van der Waals surface area contributed by atoms with Crippen molar-refractivity contribution in [1.82, 2.24) is 14.3 Å². The molecule has 4 heteroatoms. The maximum absolute atomic E-state index is 14.9. The van der Waals surface area contributed by atoms with Gasteiger partial charge in [-0.2, -0.15) is 9.37 Å². The number of unbranched alkanes of at least 4 members (excludes halogenated alkanes) is 1. The predicted molar refractivity (Wildman–Crippen MR) is 118 cm³/mol. The first-order valence-electron chi connectivity index (χ1n) is 10.5. The zero-order chi connectivity index (χ0) is 20.4. The zero-order valence-electron chi connectivity index (χ0n) is 17.8. The van der Waals surface area contributed by atoms with Gasteiger partial charge >= 0.3 is 0 Å². The van der Waals surface area contributed by atoms with E-state index in [0.717, 1.165) is 50.0 Å². The number of rotatable bonds is 11. The second-order valence-corrected chi connectivity index (χ2v) is 7.07. The van der Waals surface area contributed by atoms with Gasteiger partial charge in [0.25, 0.3) is 0 Å². The highest BCUT2D eigenvalue weighted by atomic mass is 19.1. The summed E-state index contributed by atoms with van der Waals surface area (Å²) in [6.45, 7) is 11.3. The Morgan fingerprint density at radius 1 is 1.21 bits per heavy atom. The van der Waals surface area contributed by atoms with Crippen LogP contribution in [0.1, 0.15) is 64.8 Å². The number of hydrogen-bond donors (Lipinski definition) is 0.